The van der Waals surface area contributed by atoms with E-state index in [4.69, 9.17) is 5.11 Å². The molecule has 3 heteroatoms. The van der Waals surface area contributed by atoms with Crippen LogP contribution in [-0.2, 0) is 4.79 Å². The van der Waals surface area contributed by atoms with Crippen molar-refractivity contribution in [1.29, 1.82) is 0 Å². The zero-order chi connectivity index (χ0) is 12.8. The average Bonchev–Trinajstić information content (AvgIpc) is 2.40. The van der Waals surface area contributed by atoms with E-state index in [1.807, 2.05) is 30.3 Å². The van der Waals surface area contributed by atoms with Gasteiger partial charge in [-0.15, -0.1) is 0 Å². The molecule has 0 aromatic heterocycles. The topological polar surface area (TPSA) is 49.3 Å². The van der Waals surface area contributed by atoms with Gasteiger partial charge in [-0.25, -0.2) is 0 Å². The van der Waals surface area contributed by atoms with Crippen molar-refractivity contribution in [2.45, 2.75) is 0 Å². The lowest BCUT2D eigenvalue weighted by molar-refractivity contribution is -0.111. The number of amides is 1. The molecule has 0 heterocycles. The molecule has 0 radical (unpaired) electrons. The first kappa shape index (κ1) is 11.9. The largest absolute Gasteiger partial charge is 0.508 e. The Labute approximate surface area is 105 Å². The molecule has 18 heavy (non-hydrogen) atoms. The standard InChI is InChI=1S/C15H13NO2/c17-14-9-7-13(8-10-14)16-15(18)11-6-12-4-2-1-3-5-12/h1-11,17H,(H,16,18)/b11-6+. The second kappa shape index (κ2) is 5.68. The van der Waals surface area contributed by atoms with E-state index in [0.717, 1.165) is 5.56 Å². The van der Waals surface area contributed by atoms with Crippen molar-refractivity contribution in [1.82, 2.24) is 0 Å². The molecule has 0 fully saturated rings. The normalized spacial score (nSPS) is 10.4. The number of carbonyl (C=O) groups is 1. The number of benzene rings is 2. The number of anilines is 1. The summed E-state index contributed by atoms with van der Waals surface area (Å²) in [6, 6.07) is 15.9. The quantitative estimate of drug-likeness (QED) is 0.639. The smallest absolute Gasteiger partial charge is 0.248 e. The van der Waals surface area contributed by atoms with Gasteiger partial charge in [0.25, 0.3) is 0 Å². The summed E-state index contributed by atoms with van der Waals surface area (Å²) in [6.07, 6.45) is 3.22. The Hall–Kier alpha value is -2.55. The Morgan fingerprint density at radius 2 is 1.67 bits per heavy atom. The number of hydrogen-bond acceptors (Lipinski definition) is 2. The van der Waals surface area contributed by atoms with Crippen LogP contribution in [0.5, 0.6) is 5.75 Å². The van der Waals surface area contributed by atoms with Crippen molar-refractivity contribution < 1.29 is 9.90 Å². The molecule has 1 amide bonds. The highest BCUT2D eigenvalue weighted by Gasteiger charge is 1.97. The van der Waals surface area contributed by atoms with Crippen LogP contribution in [0.3, 0.4) is 0 Å². The van der Waals surface area contributed by atoms with Crippen molar-refractivity contribution >= 4 is 17.7 Å². The first-order valence-corrected chi connectivity index (χ1v) is 5.57. The fraction of sp³-hybridized carbons (Fsp3) is 0. The number of rotatable bonds is 3. The lowest BCUT2D eigenvalue weighted by Gasteiger charge is -2.01. The molecule has 0 spiro atoms. The molecule has 0 aliphatic carbocycles. The highest BCUT2D eigenvalue weighted by Crippen LogP contribution is 2.13. The van der Waals surface area contributed by atoms with Gasteiger partial charge in [-0.3, -0.25) is 4.79 Å². The minimum absolute atomic E-state index is 0.174. The maximum Gasteiger partial charge on any atom is 0.248 e. The van der Waals surface area contributed by atoms with Crippen molar-refractivity contribution in [3.05, 3.63) is 66.2 Å². The first-order valence-electron chi connectivity index (χ1n) is 5.57. The van der Waals surface area contributed by atoms with Crippen molar-refractivity contribution in [2.75, 3.05) is 5.32 Å². The second-order valence-corrected chi connectivity index (χ2v) is 3.78. The highest BCUT2D eigenvalue weighted by molar-refractivity contribution is 6.01. The SMILES string of the molecule is O=C(/C=C/c1ccccc1)Nc1ccc(O)cc1. The molecule has 0 atom stereocenters. The van der Waals surface area contributed by atoms with E-state index >= 15 is 0 Å². The van der Waals surface area contributed by atoms with Crippen LogP contribution in [0.25, 0.3) is 6.08 Å². The van der Waals surface area contributed by atoms with Gasteiger partial charge in [-0.05, 0) is 35.9 Å². The Kier molecular flexibility index (Phi) is 3.76. The van der Waals surface area contributed by atoms with Crippen LogP contribution in [-0.4, -0.2) is 11.0 Å². The van der Waals surface area contributed by atoms with Crippen LogP contribution >= 0.6 is 0 Å². The molecular formula is C15H13NO2. The molecule has 90 valence electrons. The van der Waals surface area contributed by atoms with E-state index in [-0.39, 0.29) is 11.7 Å². The highest BCUT2D eigenvalue weighted by atomic mass is 16.3. The maximum atomic E-state index is 11.6. The number of aromatic hydroxyl groups is 1. The van der Waals surface area contributed by atoms with Gasteiger partial charge < -0.3 is 10.4 Å². The molecule has 0 saturated heterocycles. The average molecular weight is 239 g/mol. The van der Waals surface area contributed by atoms with Gasteiger partial charge in [0, 0.05) is 11.8 Å². The zero-order valence-corrected chi connectivity index (χ0v) is 9.71. The van der Waals surface area contributed by atoms with Crippen LogP contribution in [0.1, 0.15) is 5.56 Å². The molecule has 2 N–H and O–H groups in total. The third kappa shape index (κ3) is 3.49. The number of phenolic OH excluding ortho intramolecular Hbond substituents is 1. The summed E-state index contributed by atoms with van der Waals surface area (Å²) in [4.78, 5) is 11.6. The van der Waals surface area contributed by atoms with Gasteiger partial charge in [0.15, 0.2) is 0 Å². The van der Waals surface area contributed by atoms with Gasteiger partial charge in [0.1, 0.15) is 5.75 Å². The minimum Gasteiger partial charge on any atom is -0.508 e. The van der Waals surface area contributed by atoms with Gasteiger partial charge in [0.05, 0.1) is 0 Å². The molecule has 2 aromatic carbocycles. The van der Waals surface area contributed by atoms with Gasteiger partial charge >= 0.3 is 0 Å². The van der Waals surface area contributed by atoms with Crippen LogP contribution in [0.15, 0.2) is 60.7 Å². The summed E-state index contributed by atoms with van der Waals surface area (Å²) in [5.41, 5.74) is 1.62. The summed E-state index contributed by atoms with van der Waals surface area (Å²) in [5.74, 6) is -0.0302. The van der Waals surface area contributed by atoms with Gasteiger partial charge in [-0.1, -0.05) is 30.3 Å². The van der Waals surface area contributed by atoms with Crippen molar-refractivity contribution in [3.8, 4) is 5.75 Å². The van der Waals surface area contributed by atoms with Crippen LogP contribution in [0, 0.1) is 0 Å². The van der Waals surface area contributed by atoms with Crippen LogP contribution in [0.2, 0.25) is 0 Å². The van der Waals surface area contributed by atoms with E-state index < -0.39 is 0 Å². The molecule has 0 aliphatic rings. The summed E-state index contributed by atoms with van der Waals surface area (Å²) >= 11 is 0. The second-order valence-electron chi connectivity index (χ2n) is 3.78. The number of hydrogen-bond donors (Lipinski definition) is 2. The van der Waals surface area contributed by atoms with E-state index in [1.54, 1.807) is 18.2 Å². The Morgan fingerprint density at radius 1 is 1.00 bits per heavy atom. The molecule has 3 nitrogen and oxygen atoms in total. The Balaban J connectivity index is 1.97. The van der Waals surface area contributed by atoms with Gasteiger partial charge in [0.2, 0.25) is 5.91 Å². The number of nitrogens with one attached hydrogen (secondary N) is 1. The van der Waals surface area contributed by atoms with Crippen molar-refractivity contribution in [2.24, 2.45) is 0 Å². The van der Waals surface area contributed by atoms with E-state index in [2.05, 4.69) is 5.32 Å². The summed E-state index contributed by atoms with van der Waals surface area (Å²) < 4.78 is 0. The number of phenols is 1. The van der Waals surface area contributed by atoms with E-state index in [9.17, 15) is 4.79 Å². The lowest BCUT2D eigenvalue weighted by atomic mass is 10.2. The van der Waals surface area contributed by atoms with Crippen molar-refractivity contribution in [3.63, 3.8) is 0 Å². The van der Waals surface area contributed by atoms with Crippen LogP contribution < -0.4 is 5.32 Å². The third-order valence-electron chi connectivity index (χ3n) is 2.36. The van der Waals surface area contributed by atoms with E-state index in [1.165, 1.54) is 18.2 Å². The Bertz CT molecular complexity index is 544. The zero-order valence-electron chi connectivity index (χ0n) is 9.71. The minimum atomic E-state index is -0.204. The fourth-order valence-corrected chi connectivity index (χ4v) is 1.46. The summed E-state index contributed by atoms with van der Waals surface area (Å²) in [5, 5.41) is 11.8. The molecular weight excluding hydrogens is 226 g/mol. The predicted octanol–water partition coefficient (Wildman–Crippen LogP) is 3.04. The first-order chi connectivity index (χ1) is 8.74. The van der Waals surface area contributed by atoms with Gasteiger partial charge in [-0.2, -0.15) is 0 Å². The molecule has 2 rings (SSSR count). The summed E-state index contributed by atoms with van der Waals surface area (Å²) in [6.45, 7) is 0. The Morgan fingerprint density at radius 3 is 2.33 bits per heavy atom. The number of carbonyl (C=O) groups excluding carboxylic acids is 1. The maximum absolute atomic E-state index is 11.6. The summed E-state index contributed by atoms with van der Waals surface area (Å²) in [7, 11) is 0. The van der Waals surface area contributed by atoms with E-state index in [0.29, 0.717) is 5.69 Å². The lowest BCUT2D eigenvalue weighted by Crippen LogP contribution is -2.07. The predicted molar refractivity (Wildman–Crippen MR) is 72.2 cm³/mol. The monoisotopic (exact) mass is 239 g/mol. The molecule has 0 saturated carbocycles. The fourth-order valence-electron chi connectivity index (χ4n) is 1.46. The molecule has 2 aromatic rings. The molecule has 0 aliphatic heterocycles. The molecule has 0 bridgehead atoms. The van der Waals surface area contributed by atoms with Crippen LogP contribution in [0.4, 0.5) is 5.69 Å². The molecule has 0 unspecified atom stereocenters. The third-order valence-corrected chi connectivity index (χ3v) is 2.36.